The molecule has 0 aliphatic rings. The van der Waals surface area contributed by atoms with Crippen molar-refractivity contribution in [2.24, 2.45) is 0 Å². The molecule has 5 nitrogen and oxygen atoms in total. The lowest BCUT2D eigenvalue weighted by Gasteiger charge is -1.90. The third-order valence-electron chi connectivity index (χ3n) is 1.63. The molecule has 0 aliphatic heterocycles. The molecule has 0 spiro atoms. The van der Waals surface area contributed by atoms with Gasteiger partial charge >= 0.3 is 5.97 Å². The summed E-state index contributed by atoms with van der Waals surface area (Å²) in [4.78, 5) is 15.1. The predicted octanol–water partition coefficient (Wildman–Crippen LogP) is 0.516. The number of ether oxygens (including phenoxy) is 1. The molecule has 13 heavy (non-hydrogen) atoms. The SMILES string of the molecule is COC(=O)c1cc2ncccn2n1. The zero-order valence-corrected chi connectivity index (χ0v) is 6.97. The molecule has 0 aromatic carbocycles. The van der Waals surface area contributed by atoms with Gasteiger partial charge in [-0.2, -0.15) is 5.10 Å². The van der Waals surface area contributed by atoms with Crippen LogP contribution >= 0.6 is 0 Å². The van der Waals surface area contributed by atoms with Gasteiger partial charge in [0, 0.05) is 18.5 Å². The molecule has 0 atom stereocenters. The Balaban J connectivity index is 2.56. The lowest BCUT2D eigenvalue weighted by atomic mass is 10.4. The monoisotopic (exact) mass is 177 g/mol. The van der Waals surface area contributed by atoms with E-state index in [2.05, 4.69) is 14.8 Å². The molecular formula is C8H7N3O2. The molecule has 0 saturated heterocycles. The van der Waals surface area contributed by atoms with Gasteiger partial charge in [0.2, 0.25) is 0 Å². The maximum Gasteiger partial charge on any atom is 0.358 e. The van der Waals surface area contributed by atoms with E-state index in [-0.39, 0.29) is 5.69 Å². The predicted molar refractivity (Wildman–Crippen MR) is 44.3 cm³/mol. The molecule has 0 amide bonds. The highest BCUT2D eigenvalue weighted by molar-refractivity contribution is 5.88. The van der Waals surface area contributed by atoms with E-state index in [1.807, 2.05) is 0 Å². The zero-order chi connectivity index (χ0) is 9.26. The largest absolute Gasteiger partial charge is 0.464 e. The van der Waals surface area contributed by atoms with Gasteiger partial charge in [-0.1, -0.05) is 0 Å². The van der Waals surface area contributed by atoms with Crippen molar-refractivity contribution in [2.45, 2.75) is 0 Å². The Morgan fingerprint density at radius 1 is 1.62 bits per heavy atom. The minimum atomic E-state index is -0.453. The van der Waals surface area contributed by atoms with Crippen molar-refractivity contribution in [1.29, 1.82) is 0 Å². The van der Waals surface area contributed by atoms with Gasteiger partial charge in [-0.25, -0.2) is 14.3 Å². The standard InChI is InChI=1S/C8H7N3O2/c1-13-8(12)6-5-7-9-3-2-4-11(7)10-6/h2-5H,1H3. The summed E-state index contributed by atoms with van der Waals surface area (Å²) in [5.74, 6) is -0.453. The Bertz CT molecular complexity index is 416. The molecule has 0 bridgehead atoms. The first kappa shape index (κ1) is 7.72. The molecule has 2 rings (SSSR count). The number of carbonyl (C=O) groups is 1. The molecule has 2 heterocycles. The van der Waals surface area contributed by atoms with Crippen LogP contribution in [0.4, 0.5) is 0 Å². The number of carbonyl (C=O) groups excluding carboxylic acids is 1. The quantitative estimate of drug-likeness (QED) is 0.596. The molecule has 0 radical (unpaired) electrons. The third kappa shape index (κ3) is 1.24. The highest BCUT2D eigenvalue weighted by Gasteiger charge is 2.10. The number of rotatable bonds is 1. The second kappa shape index (κ2) is 2.85. The number of hydrogen-bond acceptors (Lipinski definition) is 4. The van der Waals surface area contributed by atoms with Crippen molar-refractivity contribution in [3.05, 3.63) is 30.2 Å². The van der Waals surface area contributed by atoms with Crippen LogP contribution in [0.1, 0.15) is 10.5 Å². The van der Waals surface area contributed by atoms with Crippen LogP contribution in [0.2, 0.25) is 0 Å². The molecule has 66 valence electrons. The molecule has 2 aromatic heterocycles. The Morgan fingerprint density at radius 3 is 3.15 bits per heavy atom. The van der Waals surface area contributed by atoms with E-state index in [1.54, 1.807) is 24.5 Å². The van der Waals surface area contributed by atoms with Gasteiger partial charge in [-0.15, -0.1) is 0 Å². The summed E-state index contributed by atoms with van der Waals surface area (Å²) in [6, 6.07) is 3.31. The maximum absolute atomic E-state index is 11.1. The fourth-order valence-electron chi connectivity index (χ4n) is 1.03. The molecule has 0 saturated carbocycles. The molecule has 5 heteroatoms. The fourth-order valence-corrected chi connectivity index (χ4v) is 1.03. The van der Waals surface area contributed by atoms with Gasteiger partial charge in [0.25, 0.3) is 0 Å². The zero-order valence-electron chi connectivity index (χ0n) is 6.97. The Labute approximate surface area is 74.0 Å². The summed E-state index contributed by atoms with van der Waals surface area (Å²) in [7, 11) is 1.32. The molecular weight excluding hydrogens is 170 g/mol. The first-order valence-electron chi connectivity index (χ1n) is 3.70. The third-order valence-corrected chi connectivity index (χ3v) is 1.63. The van der Waals surface area contributed by atoms with Crippen molar-refractivity contribution in [1.82, 2.24) is 14.6 Å². The highest BCUT2D eigenvalue weighted by atomic mass is 16.5. The Morgan fingerprint density at radius 2 is 2.46 bits per heavy atom. The molecule has 0 N–H and O–H groups in total. The summed E-state index contributed by atoms with van der Waals surface area (Å²) in [5.41, 5.74) is 0.893. The summed E-state index contributed by atoms with van der Waals surface area (Å²) in [6.07, 6.45) is 3.35. The van der Waals surface area contributed by atoms with Gasteiger partial charge in [0.05, 0.1) is 7.11 Å². The number of aromatic nitrogens is 3. The van der Waals surface area contributed by atoms with E-state index in [0.29, 0.717) is 5.65 Å². The summed E-state index contributed by atoms with van der Waals surface area (Å²) < 4.78 is 6.04. The van der Waals surface area contributed by atoms with Gasteiger partial charge in [0.15, 0.2) is 11.3 Å². The van der Waals surface area contributed by atoms with Gasteiger partial charge in [0.1, 0.15) is 0 Å². The van der Waals surface area contributed by atoms with Crippen molar-refractivity contribution in [3.63, 3.8) is 0 Å². The van der Waals surface area contributed by atoms with Crippen LogP contribution in [0.5, 0.6) is 0 Å². The van der Waals surface area contributed by atoms with Crippen LogP contribution in [0.3, 0.4) is 0 Å². The van der Waals surface area contributed by atoms with E-state index in [4.69, 9.17) is 0 Å². The van der Waals surface area contributed by atoms with Gasteiger partial charge < -0.3 is 4.74 Å². The second-order valence-corrected chi connectivity index (χ2v) is 2.44. The van der Waals surface area contributed by atoms with Gasteiger partial charge in [-0.05, 0) is 6.07 Å². The maximum atomic E-state index is 11.1. The lowest BCUT2D eigenvalue weighted by molar-refractivity contribution is 0.0593. The molecule has 0 fully saturated rings. The average molecular weight is 177 g/mol. The molecule has 2 aromatic rings. The fraction of sp³-hybridized carbons (Fsp3) is 0.125. The van der Waals surface area contributed by atoms with Crippen LogP contribution in [-0.4, -0.2) is 27.7 Å². The van der Waals surface area contributed by atoms with E-state index in [1.165, 1.54) is 11.6 Å². The number of fused-ring (bicyclic) bond motifs is 1. The minimum absolute atomic E-state index is 0.265. The van der Waals surface area contributed by atoms with Crippen LogP contribution in [0.25, 0.3) is 5.65 Å². The second-order valence-electron chi connectivity index (χ2n) is 2.44. The van der Waals surface area contributed by atoms with Crippen LogP contribution in [-0.2, 0) is 4.74 Å². The van der Waals surface area contributed by atoms with Crippen LogP contribution in [0.15, 0.2) is 24.5 Å². The van der Waals surface area contributed by atoms with Crippen LogP contribution < -0.4 is 0 Å². The van der Waals surface area contributed by atoms with E-state index in [0.717, 1.165) is 0 Å². The first-order valence-corrected chi connectivity index (χ1v) is 3.70. The lowest BCUT2D eigenvalue weighted by Crippen LogP contribution is -2.01. The van der Waals surface area contributed by atoms with E-state index >= 15 is 0 Å². The summed E-state index contributed by atoms with van der Waals surface area (Å²) in [5, 5.41) is 3.96. The normalized spacial score (nSPS) is 10.2. The topological polar surface area (TPSA) is 56.5 Å². The Kier molecular flexibility index (Phi) is 1.70. The van der Waals surface area contributed by atoms with Gasteiger partial charge in [-0.3, -0.25) is 0 Å². The molecule has 0 unspecified atom stereocenters. The first-order chi connectivity index (χ1) is 6.31. The number of nitrogens with zero attached hydrogens (tertiary/aromatic N) is 3. The number of esters is 1. The average Bonchev–Trinajstić information content (AvgIpc) is 2.59. The van der Waals surface area contributed by atoms with Crippen molar-refractivity contribution >= 4 is 11.6 Å². The smallest absolute Gasteiger partial charge is 0.358 e. The number of hydrogen-bond donors (Lipinski definition) is 0. The number of methoxy groups -OCH3 is 1. The van der Waals surface area contributed by atoms with Crippen molar-refractivity contribution < 1.29 is 9.53 Å². The van der Waals surface area contributed by atoms with E-state index in [9.17, 15) is 4.79 Å². The molecule has 0 aliphatic carbocycles. The highest BCUT2D eigenvalue weighted by Crippen LogP contribution is 2.03. The van der Waals surface area contributed by atoms with E-state index < -0.39 is 5.97 Å². The van der Waals surface area contributed by atoms with Crippen LogP contribution in [0, 0.1) is 0 Å². The minimum Gasteiger partial charge on any atom is -0.464 e. The Hall–Kier alpha value is -1.91. The summed E-state index contributed by atoms with van der Waals surface area (Å²) >= 11 is 0. The summed E-state index contributed by atoms with van der Waals surface area (Å²) in [6.45, 7) is 0. The van der Waals surface area contributed by atoms with Crippen molar-refractivity contribution in [3.8, 4) is 0 Å². The van der Waals surface area contributed by atoms with Crippen molar-refractivity contribution in [2.75, 3.05) is 7.11 Å².